The molecule has 1 unspecified atom stereocenters. The molecule has 1 atom stereocenters. The van der Waals surface area contributed by atoms with Crippen LogP contribution in [0.15, 0.2) is 72.8 Å². The van der Waals surface area contributed by atoms with Crippen LogP contribution in [0.5, 0.6) is 0 Å². The molecule has 0 bridgehead atoms. The van der Waals surface area contributed by atoms with Crippen LogP contribution in [0.4, 0.5) is 0 Å². The highest BCUT2D eigenvalue weighted by Gasteiger charge is 2.19. The van der Waals surface area contributed by atoms with E-state index in [2.05, 4.69) is 55.5 Å². The number of ether oxygens (including phenoxy) is 2. The van der Waals surface area contributed by atoms with E-state index >= 15 is 0 Å². The van der Waals surface area contributed by atoms with Crippen LogP contribution < -0.4 is 0 Å². The van der Waals surface area contributed by atoms with Crippen LogP contribution in [0, 0.1) is 0 Å². The topological polar surface area (TPSA) is 52.6 Å². The molecule has 0 aromatic heterocycles. The van der Waals surface area contributed by atoms with Crippen LogP contribution in [0.25, 0.3) is 21.5 Å². The summed E-state index contributed by atoms with van der Waals surface area (Å²) in [6.45, 7) is 6.34. The molecule has 0 spiro atoms. The maximum absolute atomic E-state index is 11.5. The van der Waals surface area contributed by atoms with Crippen molar-refractivity contribution in [2.24, 2.45) is 0 Å². The summed E-state index contributed by atoms with van der Waals surface area (Å²) in [5, 5.41) is 5.63. The monoisotopic (exact) mass is 468 g/mol. The predicted octanol–water partition coefficient (Wildman–Crippen LogP) is 7.47. The molecule has 4 aromatic rings. The fourth-order valence-corrected chi connectivity index (χ4v) is 4.91. The highest BCUT2D eigenvalue weighted by atomic mass is 16.5. The van der Waals surface area contributed by atoms with Crippen molar-refractivity contribution in [3.05, 3.63) is 95.1 Å². The van der Waals surface area contributed by atoms with Gasteiger partial charge in [0, 0.05) is 0 Å². The first-order valence-corrected chi connectivity index (χ1v) is 12.4. The molecule has 0 saturated carbocycles. The Bertz CT molecular complexity index is 1320. The Balaban J connectivity index is 0.000000168. The number of hydrogen-bond donors (Lipinski definition) is 0. The van der Waals surface area contributed by atoms with Gasteiger partial charge in [-0.3, -0.25) is 0 Å². The van der Waals surface area contributed by atoms with Gasteiger partial charge in [0.05, 0.1) is 24.3 Å². The number of carbonyl (C=O) groups excluding carboxylic acids is 2. The van der Waals surface area contributed by atoms with Crippen molar-refractivity contribution in [1.82, 2.24) is 0 Å². The largest absolute Gasteiger partial charge is 0.462 e. The lowest BCUT2D eigenvalue weighted by Crippen LogP contribution is -2.13. The molecule has 4 aromatic carbocycles. The Morgan fingerprint density at radius 2 is 1.34 bits per heavy atom. The molecule has 1 aliphatic rings. The number of aryl methyl sites for hydroxylation is 1. The lowest BCUT2D eigenvalue weighted by Gasteiger charge is -2.24. The van der Waals surface area contributed by atoms with Gasteiger partial charge in [-0.25, -0.2) is 9.59 Å². The molecule has 4 heteroatoms. The third-order valence-electron chi connectivity index (χ3n) is 6.59. The van der Waals surface area contributed by atoms with E-state index in [0.717, 1.165) is 5.92 Å². The van der Waals surface area contributed by atoms with Gasteiger partial charge in [0.15, 0.2) is 0 Å². The van der Waals surface area contributed by atoms with Gasteiger partial charge >= 0.3 is 11.9 Å². The highest BCUT2D eigenvalue weighted by Crippen LogP contribution is 2.37. The highest BCUT2D eigenvalue weighted by molar-refractivity contribution is 6.08. The second-order valence-electron chi connectivity index (χ2n) is 8.79. The number of fused-ring (bicyclic) bond motifs is 5. The summed E-state index contributed by atoms with van der Waals surface area (Å²) in [7, 11) is 0. The molecule has 5 rings (SSSR count). The number of hydrogen-bond acceptors (Lipinski definition) is 4. The van der Waals surface area contributed by atoms with E-state index in [1.165, 1.54) is 40.8 Å². The quantitative estimate of drug-likeness (QED) is 0.230. The Kier molecular flexibility index (Phi) is 7.81. The van der Waals surface area contributed by atoms with Gasteiger partial charge in [-0.15, -0.1) is 0 Å². The Morgan fingerprint density at radius 3 is 2.00 bits per heavy atom. The van der Waals surface area contributed by atoms with Crippen molar-refractivity contribution in [3.8, 4) is 0 Å². The molecule has 0 fully saturated rings. The van der Waals surface area contributed by atoms with Gasteiger partial charge in [0.1, 0.15) is 0 Å². The summed E-state index contributed by atoms with van der Waals surface area (Å²) in [6.07, 6.45) is 3.92. The van der Waals surface area contributed by atoms with Gasteiger partial charge in [0.2, 0.25) is 0 Å². The zero-order valence-corrected chi connectivity index (χ0v) is 20.7. The molecule has 0 heterocycles. The fraction of sp³-hybridized carbons (Fsp3) is 0.290. The second-order valence-corrected chi connectivity index (χ2v) is 8.79. The molecule has 0 N–H and O–H groups in total. The first kappa shape index (κ1) is 24.5. The van der Waals surface area contributed by atoms with Crippen molar-refractivity contribution < 1.29 is 19.1 Å². The van der Waals surface area contributed by atoms with Gasteiger partial charge in [-0.2, -0.15) is 0 Å². The van der Waals surface area contributed by atoms with Crippen LogP contribution in [-0.2, 0) is 15.9 Å². The lowest BCUT2D eigenvalue weighted by molar-refractivity contribution is 0.0479. The van der Waals surface area contributed by atoms with E-state index in [-0.39, 0.29) is 24.3 Å². The first-order chi connectivity index (χ1) is 17.0. The molecule has 0 radical (unpaired) electrons. The summed E-state index contributed by atoms with van der Waals surface area (Å²) in [5.74, 6) is -0.295. The SMILES string of the molecule is CC1CCCc2c1ccc1c2ccc2ccccc21.CCOC(=O)c1ccccc1C(=O)OCC. The number of carbonyl (C=O) groups is 2. The van der Waals surface area contributed by atoms with E-state index in [4.69, 9.17) is 9.47 Å². The first-order valence-electron chi connectivity index (χ1n) is 12.4. The molecule has 4 nitrogen and oxygen atoms in total. The van der Waals surface area contributed by atoms with Crippen molar-refractivity contribution in [2.75, 3.05) is 13.2 Å². The minimum Gasteiger partial charge on any atom is -0.462 e. The molecule has 180 valence electrons. The maximum Gasteiger partial charge on any atom is 0.338 e. The van der Waals surface area contributed by atoms with Gasteiger partial charge in [-0.05, 0) is 83.8 Å². The zero-order valence-electron chi connectivity index (χ0n) is 20.7. The van der Waals surface area contributed by atoms with Crippen LogP contribution in [-0.4, -0.2) is 25.2 Å². The average molecular weight is 469 g/mol. The van der Waals surface area contributed by atoms with Crippen molar-refractivity contribution in [1.29, 1.82) is 0 Å². The second kappa shape index (κ2) is 11.2. The average Bonchev–Trinajstić information content (AvgIpc) is 2.89. The number of rotatable bonds is 4. The van der Waals surface area contributed by atoms with Gasteiger partial charge < -0.3 is 9.47 Å². The minimum absolute atomic E-state index is 0.239. The number of esters is 2. The third-order valence-corrected chi connectivity index (χ3v) is 6.59. The van der Waals surface area contributed by atoms with E-state index in [1.54, 1.807) is 49.2 Å². The Labute approximate surface area is 206 Å². The molecule has 0 aliphatic heterocycles. The molecule has 0 saturated heterocycles. The lowest BCUT2D eigenvalue weighted by atomic mass is 9.81. The van der Waals surface area contributed by atoms with E-state index in [0.29, 0.717) is 0 Å². The Morgan fingerprint density at radius 1 is 0.743 bits per heavy atom. The normalized spacial score (nSPS) is 14.5. The molecule has 0 amide bonds. The minimum atomic E-state index is -0.508. The summed E-state index contributed by atoms with van der Waals surface area (Å²) >= 11 is 0. The summed E-state index contributed by atoms with van der Waals surface area (Å²) in [4.78, 5) is 23.1. The van der Waals surface area contributed by atoms with Crippen molar-refractivity contribution in [3.63, 3.8) is 0 Å². The molecule has 1 aliphatic carbocycles. The van der Waals surface area contributed by atoms with E-state index in [9.17, 15) is 9.59 Å². The number of benzene rings is 4. The summed E-state index contributed by atoms with van der Waals surface area (Å²) in [5.41, 5.74) is 3.65. The van der Waals surface area contributed by atoms with Crippen LogP contribution >= 0.6 is 0 Å². The molecular weight excluding hydrogens is 436 g/mol. The standard InChI is InChI=1S/C19H18.C12H14O4/c1-13-5-4-8-17-15(13)11-12-18-16-7-3-2-6-14(16)9-10-19(17)18;1-3-15-11(13)9-7-5-6-8-10(9)12(14)16-4-2/h2-3,6-7,9-13H,4-5,8H2,1H3;5-8H,3-4H2,1-2H3. The molecule has 35 heavy (non-hydrogen) atoms. The predicted molar refractivity (Wildman–Crippen MR) is 141 cm³/mol. The Hall–Kier alpha value is -3.66. The zero-order chi connectivity index (χ0) is 24.8. The van der Waals surface area contributed by atoms with Crippen molar-refractivity contribution in [2.45, 2.75) is 46.0 Å². The van der Waals surface area contributed by atoms with Crippen molar-refractivity contribution >= 4 is 33.5 Å². The van der Waals surface area contributed by atoms with E-state index < -0.39 is 11.9 Å². The summed E-state index contributed by atoms with van der Waals surface area (Å²) < 4.78 is 9.70. The van der Waals surface area contributed by atoms with Gasteiger partial charge in [-0.1, -0.05) is 67.6 Å². The molecular formula is C31H32O4. The maximum atomic E-state index is 11.5. The third kappa shape index (κ3) is 5.22. The van der Waals surface area contributed by atoms with Crippen LogP contribution in [0.2, 0.25) is 0 Å². The van der Waals surface area contributed by atoms with Crippen LogP contribution in [0.1, 0.15) is 71.4 Å². The summed E-state index contributed by atoms with van der Waals surface area (Å²) in [6, 6.07) is 24.5. The smallest absolute Gasteiger partial charge is 0.338 e. The fourth-order valence-electron chi connectivity index (χ4n) is 4.91. The van der Waals surface area contributed by atoms with Gasteiger partial charge in [0.25, 0.3) is 0 Å². The van der Waals surface area contributed by atoms with E-state index in [1.807, 2.05) is 0 Å². The van der Waals surface area contributed by atoms with Crippen LogP contribution in [0.3, 0.4) is 0 Å².